The average Bonchev–Trinajstić information content (AvgIpc) is 2.40. The Morgan fingerprint density at radius 2 is 2.11 bits per heavy atom. The van der Waals surface area contributed by atoms with Gasteiger partial charge in [-0.1, -0.05) is 6.07 Å². The van der Waals surface area contributed by atoms with Crippen molar-refractivity contribution in [1.29, 1.82) is 0 Å². The van der Waals surface area contributed by atoms with Crippen LogP contribution in [0.1, 0.15) is 28.4 Å². The lowest BCUT2D eigenvalue weighted by atomic mass is 10.0. The molecule has 2 atom stereocenters. The van der Waals surface area contributed by atoms with Crippen molar-refractivity contribution < 1.29 is 9.53 Å². The van der Waals surface area contributed by atoms with Crippen LogP contribution in [0.25, 0.3) is 0 Å². The van der Waals surface area contributed by atoms with Crippen LogP contribution >= 0.6 is 11.6 Å². The van der Waals surface area contributed by atoms with Gasteiger partial charge >= 0.3 is 0 Å². The molecule has 104 valence electrons. The minimum Gasteiger partial charge on any atom is -0.370 e. The smallest absolute Gasteiger partial charge is 0.254 e. The fourth-order valence-corrected chi connectivity index (χ4v) is 2.52. The lowest BCUT2D eigenvalue weighted by molar-refractivity contribution is -0.0570. The molecular formula is C15H20ClNO2. The Balaban J connectivity index is 2.16. The van der Waals surface area contributed by atoms with Gasteiger partial charge in [0, 0.05) is 18.7 Å². The fraction of sp³-hybridized carbons (Fsp3) is 0.533. The van der Waals surface area contributed by atoms with Gasteiger partial charge in [-0.2, -0.15) is 0 Å². The number of rotatable bonds is 2. The molecule has 1 fully saturated rings. The molecule has 0 spiro atoms. The topological polar surface area (TPSA) is 29.5 Å². The lowest BCUT2D eigenvalue weighted by Crippen LogP contribution is -2.49. The van der Waals surface area contributed by atoms with Crippen LogP contribution in [-0.2, 0) is 4.74 Å². The summed E-state index contributed by atoms with van der Waals surface area (Å²) in [7, 11) is 0. The Morgan fingerprint density at radius 3 is 2.74 bits per heavy atom. The van der Waals surface area contributed by atoms with Gasteiger partial charge in [0.05, 0.1) is 18.1 Å². The Hall–Kier alpha value is -1.06. The predicted molar refractivity (Wildman–Crippen MR) is 76.9 cm³/mol. The zero-order chi connectivity index (χ0) is 14.0. The molecule has 1 aromatic carbocycles. The summed E-state index contributed by atoms with van der Waals surface area (Å²) in [4.78, 5) is 14.3. The van der Waals surface area contributed by atoms with Gasteiger partial charge in [0.15, 0.2) is 0 Å². The molecule has 0 radical (unpaired) electrons. The van der Waals surface area contributed by atoms with E-state index < -0.39 is 0 Å². The molecule has 1 amide bonds. The van der Waals surface area contributed by atoms with Crippen molar-refractivity contribution in [3.05, 3.63) is 34.9 Å². The molecule has 2 rings (SSSR count). The van der Waals surface area contributed by atoms with Crippen LogP contribution in [-0.4, -0.2) is 42.0 Å². The van der Waals surface area contributed by atoms with E-state index in [1.165, 1.54) is 5.56 Å². The minimum absolute atomic E-state index is 0.0352. The van der Waals surface area contributed by atoms with E-state index in [9.17, 15) is 4.79 Å². The van der Waals surface area contributed by atoms with Crippen molar-refractivity contribution in [3.8, 4) is 0 Å². The predicted octanol–water partition coefficient (Wildman–Crippen LogP) is 2.77. The number of carbonyl (C=O) groups excluding carboxylic acids is 1. The summed E-state index contributed by atoms with van der Waals surface area (Å²) in [6.07, 6.45) is -0.0334. The Morgan fingerprint density at radius 1 is 1.37 bits per heavy atom. The number of alkyl halides is 1. The van der Waals surface area contributed by atoms with Gasteiger partial charge in [-0.3, -0.25) is 4.79 Å². The summed E-state index contributed by atoms with van der Waals surface area (Å²) in [6.45, 7) is 7.23. The number of ether oxygens (including phenoxy) is 1. The highest BCUT2D eigenvalue weighted by molar-refractivity contribution is 6.18. The summed E-state index contributed by atoms with van der Waals surface area (Å²) in [5, 5.41) is 0. The zero-order valence-electron chi connectivity index (χ0n) is 11.6. The van der Waals surface area contributed by atoms with Gasteiger partial charge < -0.3 is 9.64 Å². The molecule has 1 saturated heterocycles. The molecule has 2 unspecified atom stereocenters. The van der Waals surface area contributed by atoms with Crippen molar-refractivity contribution in [1.82, 2.24) is 4.90 Å². The van der Waals surface area contributed by atoms with Crippen LogP contribution in [0.5, 0.6) is 0 Å². The number of hydrogen-bond acceptors (Lipinski definition) is 2. The quantitative estimate of drug-likeness (QED) is 0.780. The normalized spacial score (nSPS) is 23.5. The molecule has 1 aliphatic heterocycles. The summed E-state index contributed by atoms with van der Waals surface area (Å²) < 4.78 is 5.67. The summed E-state index contributed by atoms with van der Waals surface area (Å²) >= 11 is 5.84. The SMILES string of the molecule is Cc1ccc(C(=O)N2CC(C)OC(CCl)C2)cc1C. The third kappa shape index (κ3) is 3.28. The first kappa shape index (κ1) is 14.4. The van der Waals surface area contributed by atoms with Crippen molar-refractivity contribution in [2.45, 2.75) is 33.0 Å². The maximum Gasteiger partial charge on any atom is 0.254 e. The van der Waals surface area contributed by atoms with Crippen LogP contribution in [0.2, 0.25) is 0 Å². The van der Waals surface area contributed by atoms with E-state index in [1.807, 2.05) is 43.9 Å². The molecule has 0 bridgehead atoms. The number of hydrogen-bond donors (Lipinski definition) is 0. The molecule has 4 heteroatoms. The number of carbonyl (C=O) groups is 1. The van der Waals surface area contributed by atoms with E-state index in [-0.39, 0.29) is 18.1 Å². The Bertz CT molecular complexity index is 475. The fourth-order valence-electron chi connectivity index (χ4n) is 2.35. The van der Waals surface area contributed by atoms with Crippen molar-refractivity contribution in [3.63, 3.8) is 0 Å². The van der Waals surface area contributed by atoms with Gasteiger partial charge in [-0.15, -0.1) is 11.6 Å². The monoisotopic (exact) mass is 281 g/mol. The molecule has 1 heterocycles. The van der Waals surface area contributed by atoms with Crippen molar-refractivity contribution in [2.75, 3.05) is 19.0 Å². The average molecular weight is 282 g/mol. The van der Waals surface area contributed by atoms with E-state index in [1.54, 1.807) is 0 Å². The van der Waals surface area contributed by atoms with Crippen LogP contribution in [0.4, 0.5) is 0 Å². The van der Waals surface area contributed by atoms with Gasteiger partial charge in [0.2, 0.25) is 0 Å². The van der Waals surface area contributed by atoms with E-state index in [2.05, 4.69) is 0 Å². The van der Waals surface area contributed by atoms with Crippen LogP contribution < -0.4 is 0 Å². The third-order valence-corrected chi connectivity index (χ3v) is 3.88. The number of amides is 1. The van der Waals surface area contributed by atoms with Gasteiger partial charge in [0.25, 0.3) is 5.91 Å². The second-order valence-corrected chi connectivity index (χ2v) is 5.54. The van der Waals surface area contributed by atoms with Crippen molar-refractivity contribution >= 4 is 17.5 Å². The van der Waals surface area contributed by atoms with Crippen molar-refractivity contribution in [2.24, 2.45) is 0 Å². The summed E-state index contributed by atoms with van der Waals surface area (Å²) in [6, 6.07) is 5.83. The number of halogens is 1. The first-order valence-corrected chi connectivity index (χ1v) is 7.12. The van der Waals surface area contributed by atoms with Gasteiger partial charge in [-0.25, -0.2) is 0 Å². The molecule has 0 aliphatic carbocycles. The van der Waals surface area contributed by atoms with Gasteiger partial charge in [0.1, 0.15) is 0 Å². The number of morpholine rings is 1. The van der Waals surface area contributed by atoms with E-state index in [0.29, 0.717) is 19.0 Å². The maximum atomic E-state index is 12.5. The first-order valence-electron chi connectivity index (χ1n) is 6.59. The highest BCUT2D eigenvalue weighted by Gasteiger charge is 2.28. The molecule has 0 N–H and O–H groups in total. The Kier molecular flexibility index (Phi) is 4.48. The standard InChI is InChI=1S/C15H20ClNO2/c1-10-4-5-13(6-11(10)2)15(18)17-8-12(3)19-14(7-16)9-17/h4-6,12,14H,7-9H2,1-3H3. The molecule has 1 aromatic rings. The number of benzene rings is 1. The van der Waals surface area contributed by atoms with Gasteiger partial charge in [-0.05, 0) is 44.0 Å². The second-order valence-electron chi connectivity index (χ2n) is 5.23. The Labute approximate surface area is 119 Å². The van der Waals surface area contributed by atoms with E-state index in [4.69, 9.17) is 16.3 Å². The molecular weight excluding hydrogens is 262 g/mol. The summed E-state index contributed by atoms with van der Waals surface area (Å²) in [5.74, 6) is 0.481. The van der Waals surface area contributed by atoms with Crippen LogP contribution in [0, 0.1) is 13.8 Å². The van der Waals surface area contributed by atoms with Crippen LogP contribution in [0.15, 0.2) is 18.2 Å². The molecule has 1 aliphatic rings. The van der Waals surface area contributed by atoms with E-state index >= 15 is 0 Å². The number of nitrogens with zero attached hydrogens (tertiary/aromatic N) is 1. The summed E-state index contributed by atoms with van der Waals surface area (Å²) in [5.41, 5.74) is 3.08. The molecule has 0 saturated carbocycles. The largest absolute Gasteiger partial charge is 0.370 e. The first-order chi connectivity index (χ1) is 9.01. The molecule has 0 aromatic heterocycles. The highest BCUT2D eigenvalue weighted by atomic mass is 35.5. The molecule has 3 nitrogen and oxygen atoms in total. The van der Waals surface area contributed by atoms with E-state index in [0.717, 1.165) is 11.1 Å². The van der Waals surface area contributed by atoms with Crippen LogP contribution in [0.3, 0.4) is 0 Å². The minimum atomic E-state index is -0.0686. The lowest BCUT2D eigenvalue weighted by Gasteiger charge is -2.36. The third-order valence-electron chi connectivity index (χ3n) is 3.54. The number of aryl methyl sites for hydroxylation is 2. The maximum absolute atomic E-state index is 12.5. The molecule has 19 heavy (non-hydrogen) atoms. The second kappa shape index (κ2) is 5.93. The zero-order valence-corrected chi connectivity index (χ0v) is 12.4. The highest BCUT2D eigenvalue weighted by Crippen LogP contribution is 2.17.